The first-order valence-electron chi connectivity index (χ1n) is 6.10. The topological polar surface area (TPSA) is 72.7 Å². The van der Waals surface area contributed by atoms with Crippen LogP contribution in [0.15, 0.2) is 18.2 Å². The van der Waals surface area contributed by atoms with E-state index < -0.39 is 4.92 Å². The molecular formula is C13H16N2O4. The molecule has 1 amide bonds. The second-order valence-corrected chi connectivity index (χ2v) is 4.81. The Labute approximate surface area is 111 Å². The van der Waals surface area contributed by atoms with Crippen LogP contribution in [0.5, 0.6) is 5.75 Å². The SMILES string of the molecule is CN(C)C(=O)CC1CCOc2ccc([N+](=O)[O-])cc21. The third-order valence-electron chi connectivity index (χ3n) is 3.29. The largest absolute Gasteiger partial charge is 0.493 e. The monoisotopic (exact) mass is 264 g/mol. The number of rotatable bonds is 3. The van der Waals surface area contributed by atoms with E-state index in [2.05, 4.69) is 0 Å². The molecule has 0 aromatic heterocycles. The van der Waals surface area contributed by atoms with Crippen molar-refractivity contribution in [3.8, 4) is 5.75 Å². The standard InChI is InChI=1S/C13H16N2O4/c1-14(2)13(16)7-9-5-6-19-12-4-3-10(15(17)18)8-11(9)12/h3-4,8-9H,5-7H2,1-2H3. The summed E-state index contributed by atoms with van der Waals surface area (Å²) < 4.78 is 5.48. The van der Waals surface area contributed by atoms with Crippen LogP contribution in [0.4, 0.5) is 5.69 Å². The van der Waals surface area contributed by atoms with Crippen LogP contribution in [0, 0.1) is 10.1 Å². The minimum atomic E-state index is -0.431. The molecule has 0 bridgehead atoms. The van der Waals surface area contributed by atoms with Crippen LogP contribution in [0.1, 0.15) is 24.3 Å². The Hall–Kier alpha value is -2.11. The van der Waals surface area contributed by atoms with Crippen molar-refractivity contribution in [3.05, 3.63) is 33.9 Å². The average molecular weight is 264 g/mol. The summed E-state index contributed by atoms with van der Waals surface area (Å²) in [5.74, 6) is 0.649. The molecule has 19 heavy (non-hydrogen) atoms. The Bertz CT molecular complexity index is 513. The molecule has 6 nitrogen and oxygen atoms in total. The zero-order valence-corrected chi connectivity index (χ0v) is 11.0. The molecule has 0 fully saturated rings. The van der Waals surface area contributed by atoms with Gasteiger partial charge in [0.15, 0.2) is 0 Å². The van der Waals surface area contributed by atoms with E-state index >= 15 is 0 Å². The molecule has 0 saturated heterocycles. The van der Waals surface area contributed by atoms with Crippen molar-refractivity contribution in [1.29, 1.82) is 0 Å². The maximum absolute atomic E-state index is 11.8. The van der Waals surface area contributed by atoms with Gasteiger partial charge >= 0.3 is 0 Å². The van der Waals surface area contributed by atoms with Gasteiger partial charge in [0.25, 0.3) is 5.69 Å². The van der Waals surface area contributed by atoms with Gasteiger partial charge in [-0.3, -0.25) is 14.9 Å². The summed E-state index contributed by atoms with van der Waals surface area (Å²) in [5, 5.41) is 10.8. The molecule has 0 radical (unpaired) electrons. The molecule has 1 aromatic rings. The van der Waals surface area contributed by atoms with Crippen LogP contribution in [0.25, 0.3) is 0 Å². The first-order chi connectivity index (χ1) is 8.99. The van der Waals surface area contributed by atoms with Gasteiger partial charge in [-0.2, -0.15) is 0 Å². The van der Waals surface area contributed by atoms with Crippen LogP contribution in [0.2, 0.25) is 0 Å². The Morgan fingerprint density at radius 3 is 2.89 bits per heavy atom. The number of carbonyl (C=O) groups is 1. The van der Waals surface area contributed by atoms with Crippen LogP contribution in [-0.2, 0) is 4.79 Å². The van der Waals surface area contributed by atoms with E-state index in [1.165, 1.54) is 17.0 Å². The second kappa shape index (κ2) is 5.26. The fourth-order valence-electron chi connectivity index (χ4n) is 2.17. The average Bonchev–Trinajstić information content (AvgIpc) is 2.38. The van der Waals surface area contributed by atoms with Gasteiger partial charge in [-0.25, -0.2) is 0 Å². The van der Waals surface area contributed by atoms with E-state index in [1.54, 1.807) is 20.2 Å². The van der Waals surface area contributed by atoms with Crippen molar-refractivity contribution >= 4 is 11.6 Å². The molecule has 1 aliphatic rings. The van der Waals surface area contributed by atoms with Crippen molar-refractivity contribution in [3.63, 3.8) is 0 Å². The third kappa shape index (κ3) is 2.83. The Balaban J connectivity index is 2.29. The first-order valence-corrected chi connectivity index (χ1v) is 6.10. The Morgan fingerprint density at radius 1 is 1.53 bits per heavy atom. The van der Waals surface area contributed by atoms with E-state index in [-0.39, 0.29) is 17.5 Å². The van der Waals surface area contributed by atoms with Gasteiger partial charge in [-0.05, 0) is 18.4 Å². The molecule has 102 valence electrons. The predicted molar refractivity (Wildman–Crippen MR) is 69.3 cm³/mol. The van der Waals surface area contributed by atoms with Crippen LogP contribution < -0.4 is 4.74 Å². The number of carbonyl (C=O) groups excluding carboxylic acids is 1. The van der Waals surface area contributed by atoms with E-state index in [0.29, 0.717) is 25.2 Å². The number of benzene rings is 1. The number of nitrogens with zero attached hydrogens (tertiary/aromatic N) is 2. The molecule has 1 atom stereocenters. The maximum atomic E-state index is 11.8. The number of nitro groups is 1. The highest BCUT2D eigenvalue weighted by Gasteiger charge is 2.26. The first kappa shape index (κ1) is 13.3. The Morgan fingerprint density at radius 2 is 2.26 bits per heavy atom. The fraction of sp³-hybridized carbons (Fsp3) is 0.462. The molecule has 0 spiro atoms. The third-order valence-corrected chi connectivity index (χ3v) is 3.29. The highest BCUT2D eigenvalue weighted by molar-refractivity contribution is 5.76. The second-order valence-electron chi connectivity index (χ2n) is 4.81. The number of ether oxygens (including phenoxy) is 1. The lowest BCUT2D eigenvalue weighted by Crippen LogP contribution is -2.25. The summed E-state index contributed by atoms with van der Waals surface area (Å²) in [4.78, 5) is 23.7. The number of fused-ring (bicyclic) bond motifs is 1. The maximum Gasteiger partial charge on any atom is 0.269 e. The highest BCUT2D eigenvalue weighted by atomic mass is 16.6. The van der Waals surface area contributed by atoms with E-state index in [9.17, 15) is 14.9 Å². The van der Waals surface area contributed by atoms with Crippen LogP contribution in [0.3, 0.4) is 0 Å². The number of hydrogen-bond donors (Lipinski definition) is 0. The fourth-order valence-corrected chi connectivity index (χ4v) is 2.17. The summed E-state index contributed by atoms with van der Waals surface area (Å²) in [6, 6.07) is 4.55. The van der Waals surface area contributed by atoms with Gasteiger partial charge in [0.2, 0.25) is 5.91 Å². The highest BCUT2D eigenvalue weighted by Crippen LogP contribution is 2.38. The quantitative estimate of drug-likeness (QED) is 0.617. The van der Waals surface area contributed by atoms with Crippen LogP contribution in [-0.4, -0.2) is 36.4 Å². The lowest BCUT2D eigenvalue weighted by molar-refractivity contribution is -0.385. The molecule has 0 saturated carbocycles. The normalized spacial score (nSPS) is 17.3. The minimum Gasteiger partial charge on any atom is -0.493 e. The van der Waals surface area contributed by atoms with Gasteiger partial charge in [-0.15, -0.1) is 0 Å². The van der Waals surface area contributed by atoms with Gasteiger partial charge in [-0.1, -0.05) is 0 Å². The molecule has 1 aromatic carbocycles. The number of nitro benzene ring substituents is 1. The van der Waals surface area contributed by atoms with Gasteiger partial charge < -0.3 is 9.64 Å². The summed E-state index contributed by atoms with van der Waals surface area (Å²) >= 11 is 0. The molecule has 6 heteroatoms. The smallest absolute Gasteiger partial charge is 0.269 e. The van der Waals surface area contributed by atoms with Crippen molar-refractivity contribution in [2.24, 2.45) is 0 Å². The zero-order chi connectivity index (χ0) is 14.0. The van der Waals surface area contributed by atoms with E-state index in [0.717, 1.165) is 5.56 Å². The van der Waals surface area contributed by atoms with Crippen LogP contribution >= 0.6 is 0 Å². The molecule has 0 N–H and O–H groups in total. The summed E-state index contributed by atoms with van der Waals surface area (Å²) in [7, 11) is 3.41. The molecule has 1 heterocycles. The van der Waals surface area contributed by atoms with Crippen molar-refractivity contribution in [2.75, 3.05) is 20.7 Å². The van der Waals surface area contributed by atoms with Gasteiger partial charge in [0, 0.05) is 38.2 Å². The predicted octanol–water partition coefficient (Wildman–Crippen LogP) is 1.94. The zero-order valence-electron chi connectivity index (χ0n) is 11.0. The lowest BCUT2D eigenvalue weighted by Gasteiger charge is -2.26. The number of non-ortho nitro benzene ring substituents is 1. The molecule has 1 aliphatic heterocycles. The number of hydrogen-bond acceptors (Lipinski definition) is 4. The van der Waals surface area contributed by atoms with E-state index in [1.807, 2.05) is 0 Å². The molecule has 1 unspecified atom stereocenters. The Kier molecular flexibility index (Phi) is 3.69. The summed E-state index contributed by atoms with van der Waals surface area (Å²) in [6.07, 6.45) is 1.05. The van der Waals surface area contributed by atoms with Crippen molar-refractivity contribution < 1.29 is 14.5 Å². The van der Waals surface area contributed by atoms with Crippen molar-refractivity contribution in [1.82, 2.24) is 4.90 Å². The molecule has 0 aliphatic carbocycles. The minimum absolute atomic E-state index is 0.0152. The summed E-state index contributed by atoms with van der Waals surface area (Å²) in [5.41, 5.74) is 0.794. The van der Waals surface area contributed by atoms with E-state index in [4.69, 9.17) is 4.74 Å². The summed E-state index contributed by atoms with van der Waals surface area (Å²) in [6.45, 7) is 0.538. The molecule has 2 rings (SSSR count). The van der Waals surface area contributed by atoms with Gasteiger partial charge in [0.1, 0.15) is 5.75 Å². The molecular weight excluding hydrogens is 248 g/mol. The van der Waals surface area contributed by atoms with Gasteiger partial charge in [0.05, 0.1) is 11.5 Å². The number of amides is 1. The lowest BCUT2D eigenvalue weighted by atomic mass is 9.89. The van der Waals surface area contributed by atoms with Crippen molar-refractivity contribution in [2.45, 2.75) is 18.8 Å².